The predicted molar refractivity (Wildman–Crippen MR) is 89.9 cm³/mol. The number of carbonyl (C=O) groups is 1. The van der Waals surface area contributed by atoms with Crippen molar-refractivity contribution in [3.8, 4) is 0 Å². The van der Waals surface area contributed by atoms with E-state index in [2.05, 4.69) is 25.1 Å². The summed E-state index contributed by atoms with van der Waals surface area (Å²) in [5.74, 6) is -0.290. The van der Waals surface area contributed by atoms with Crippen LogP contribution in [-0.4, -0.2) is 31.4 Å². The lowest BCUT2D eigenvalue weighted by atomic mass is 9.95. The zero-order valence-corrected chi connectivity index (χ0v) is 13.5. The Balaban J connectivity index is 1.85. The van der Waals surface area contributed by atoms with E-state index >= 15 is 0 Å². The van der Waals surface area contributed by atoms with Crippen molar-refractivity contribution < 1.29 is 9.18 Å². The third kappa shape index (κ3) is 3.27. The fourth-order valence-corrected chi connectivity index (χ4v) is 3.25. The van der Waals surface area contributed by atoms with Crippen molar-refractivity contribution in [3.05, 3.63) is 65.5 Å². The fraction of sp³-hybridized carbons (Fsp3) is 0.316. The normalized spacial score (nSPS) is 17.2. The summed E-state index contributed by atoms with van der Waals surface area (Å²) >= 11 is 0. The second-order valence-electron chi connectivity index (χ2n) is 6.18. The molecule has 0 saturated heterocycles. The van der Waals surface area contributed by atoms with Crippen LogP contribution in [0.15, 0.2) is 48.5 Å². The monoisotopic (exact) mass is 312 g/mol. The van der Waals surface area contributed by atoms with Crippen molar-refractivity contribution in [1.82, 2.24) is 4.90 Å². The molecule has 1 amide bonds. The maximum absolute atomic E-state index is 13.3. The lowest BCUT2D eigenvalue weighted by Crippen LogP contribution is -2.40. The SMILES string of the molecule is CN(C)C1CCN(C(=O)Cc2cccc(F)c2)c2ccccc21. The molecule has 1 aliphatic rings. The van der Waals surface area contributed by atoms with Crippen LogP contribution < -0.4 is 4.90 Å². The summed E-state index contributed by atoms with van der Waals surface area (Å²) in [7, 11) is 4.12. The van der Waals surface area contributed by atoms with Crippen molar-refractivity contribution >= 4 is 11.6 Å². The Kier molecular flexibility index (Phi) is 4.44. The number of anilines is 1. The molecule has 1 heterocycles. The van der Waals surface area contributed by atoms with Gasteiger partial charge in [0.2, 0.25) is 5.91 Å². The summed E-state index contributed by atoms with van der Waals surface area (Å²) in [5, 5.41) is 0. The zero-order chi connectivity index (χ0) is 16.4. The van der Waals surface area contributed by atoms with Gasteiger partial charge in [-0.3, -0.25) is 4.79 Å². The zero-order valence-electron chi connectivity index (χ0n) is 13.5. The number of para-hydroxylation sites is 1. The Morgan fingerprint density at radius 2 is 2.00 bits per heavy atom. The topological polar surface area (TPSA) is 23.6 Å². The average molecular weight is 312 g/mol. The quantitative estimate of drug-likeness (QED) is 0.867. The van der Waals surface area contributed by atoms with Crippen molar-refractivity contribution in [1.29, 1.82) is 0 Å². The van der Waals surface area contributed by atoms with Crippen LogP contribution in [0.5, 0.6) is 0 Å². The number of nitrogens with zero attached hydrogens (tertiary/aromatic N) is 2. The van der Waals surface area contributed by atoms with Gasteiger partial charge in [-0.1, -0.05) is 30.3 Å². The van der Waals surface area contributed by atoms with Gasteiger partial charge in [0.05, 0.1) is 6.42 Å². The molecule has 0 radical (unpaired) electrons. The number of carbonyl (C=O) groups excluding carboxylic acids is 1. The fourth-order valence-electron chi connectivity index (χ4n) is 3.25. The molecule has 3 nitrogen and oxygen atoms in total. The van der Waals surface area contributed by atoms with E-state index in [0.29, 0.717) is 18.2 Å². The molecule has 4 heteroatoms. The minimum Gasteiger partial charge on any atom is -0.312 e. The lowest BCUT2D eigenvalue weighted by molar-refractivity contribution is -0.118. The van der Waals surface area contributed by atoms with Crippen molar-refractivity contribution in [2.75, 3.05) is 25.5 Å². The second kappa shape index (κ2) is 6.50. The minimum atomic E-state index is -0.304. The van der Waals surface area contributed by atoms with E-state index in [-0.39, 0.29) is 18.1 Å². The van der Waals surface area contributed by atoms with Crippen LogP contribution in [0.2, 0.25) is 0 Å². The van der Waals surface area contributed by atoms with Gasteiger partial charge in [0.25, 0.3) is 0 Å². The van der Waals surface area contributed by atoms with Gasteiger partial charge in [-0.05, 0) is 49.8 Å². The molecule has 0 saturated carbocycles. The average Bonchev–Trinajstić information content (AvgIpc) is 2.53. The lowest BCUT2D eigenvalue weighted by Gasteiger charge is -2.37. The summed E-state index contributed by atoms with van der Waals surface area (Å²) in [6.07, 6.45) is 1.12. The molecule has 120 valence electrons. The van der Waals surface area contributed by atoms with Gasteiger partial charge in [-0.25, -0.2) is 4.39 Å². The Labute approximate surface area is 136 Å². The van der Waals surface area contributed by atoms with Gasteiger partial charge in [-0.2, -0.15) is 0 Å². The number of hydrogen-bond acceptors (Lipinski definition) is 2. The molecule has 1 atom stereocenters. The second-order valence-corrected chi connectivity index (χ2v) is 6.18. The third-order valence-electron chi connectivity index (χ3n) is 4.38. The van der Waals surface area contributed by atoms with Crippen LogP contribution in [0.4, 0.5) is 10.1 Å². The van der Waals surface area contributed by atoms with Crippen LogP contribution in [-0.2, 0) is 11.2 Å². The van der Waals surface area contributed by atoms with Gasteiger partial charge in [0.15, 0.2) is 0 Å². The van der Waals surface area contributed by atoms with E-state index in [1.165, 1.54) is 17.7 Å². The molecular weight excluding hydrogens is 291 g/mol. The van der Waals surface area contributed by atoms with E-state index in [1.807, 2.05) is 23.1 Å². The number of amides is 1. The molecule has 0 aromatic heterocycles. The highest BCUT2D eigenvalue weighted by molar-refractivity contribution is 5.96. The molecule has 23 heavy (non-hydrogen) atoms. The summed E-state index contributed by atoms with van der Waals surface area (Å²) in [4.78, 5) is 16.7. The molecule has 0 spiro atoms. The van der Waals surface area contributed by atoms with Crippen LogP contribution in [0.1, 0.15) is 23.6 Å². The highest BCUT2D eigenvalue weighted by atomic mass is 19.1. The van der Waals surface area contributed by atoms with Gasteiger partial charge in [-0.15, -0.1) is 0 Å². The number of rotatable bonds is 3. The number of halogens is 1. The first-order chi connectivity index (χ1) is 11.1. The Morgan fingerprint density at radius 3 is 2.74 bits per heavy atom. The summed E-state index contributed by atoms with van der Waals surface area (Å²) in [5.41, 5.74) is 2.86. The number of hydrogen-bond donors (Lipinski definition) is 0. The minimum absolute atomic E-state index is 0.0141. The highest BCUT2D eigenvalue weighted by Gasteiger charge is 2.29. The first-order valence-corrected chi connectivity index (χ1v) is 7.86. The maximum Gasteiger partial charge on any atom is 0.231 e. The van der Waals surface area contributed by atoms with Crippen LogP contribution >= 0.6 is 0 Å². The summed E-state index contributed by atoms with van der Waals surface area (Å²) < 4.78 is 13.3. The molecule has 0 bridgehead atoms. The van der Waals surface area contributed by atoms with E-state index in [9.17, 15) is 9.18 Å². The summed E-state index contributed by atoms with van der Waals surface area (Å²) in [6, 6.07) is 14.6. The molecule has 1 aliphatic heterocycles. The highest BCUT2D eigenvalue weighted by Crippen LogP contribution is 2.36. The van der Waals surface area contributed by atoms with Gasteiger partial charge >= 0.3 is 0 Å². The van der Waals surface area contributed by atoms with Crippen molar-refractivity contribution in [3.63, 3.8) is 0 Å². The molecule has 0 N–H and O–H groups in total. The smallest absolute Gasteiger partial charge is 0.231 e. The Hall–Kier alpha value is -2.20. The predicted octanol–water partition coefficient (Wildman–Crippen LogP) is 3.41. The molecular formula is C19H21FN2O. The number of benzene rings is 2. The molecule has 0 aliphatic carbocycles. The van der Waals surface area contributed by atoms with E-state index in [4.69, 9.17) is 0 Å². The van der Waals surface area contributed by atoms with Crippen molar-refractivity contribution in [2.45, 2.75) is 18.9 Å². The molecule has 2 aromatic rings. The third-order valence-corrected chi connectivity index (χ3v) is 4.38. The first kappa shape index (κ1) is 15.7. The van der Waals surface area contributed by atoms with Gasteiger partial charge < -0.3 is 9.80 Å². The van der Waals surface area contributed by atoms with Crippen LogP contribution in [0, 0.1) is 5.82 Å². The molecule has 2 aromatic carbocycles. The molecule has 1 unspecified atom stereocenters. The largest absolute Gasteiger partial charge is 0.312 e. The van der Waals surface area contributed by atoms with Crippen LogP contribution in [0.3, 0.4) is 0 Å². The van der Waals surface area contributed by atoms with Gasteiger partial charge in [0.1, 0.15) is 5.82 Å². The number of fused-ring (bicyclic) bond motifs is 1. The van der Waals surface area contributed by atoms with E-state index in [1.54, 1.807) is 12.1 Å². The Morgan fingerprint density at radius 1 is 1.22 bits per heavy atom. The first-order valence-electron chi connectivity index (χ1n) is 7.86. The molecule has 3 rings (SSSR count). The Bertz CT molecular complexity index is 714. The van der Waals surface area contributed by atoms with E-state index < -0.39 is 0 Å². The molecule has 0 fully saturated rings. The van der Waals surface area contributed by atoms with Crippen molar-refractivity contribution in [2.24, 2.45) is 0 Å². The standard InChI is InChI=1S/C19H21FN2O/c1-21(2)17-10-11-22(18-9-4-3-8-16(17)18)19(23)13-14-6-5-7-15(20)12-14/h3-9,12,17H,10-11,13H2,1-2H3. The summed E-state index contributed by atoms with van der Waals surface area (Å²) in [6.45, 7) is 0.689. The van der Waals surface area contributed by atoms with Gasteiger partial charge in [0, 0.05) is 18.3 Å². The van der Waals surface area contributed by atoms with E-state index in [0.717, 1.165) is 12.1 Å². The maximum atomic E-state index is 13.3. The van der Waals surface area contributed by atoms with Crippen LogP contribution in [0.25, 0.3) is 0 Å².